The molecule has 1 aromatic carbocycles. The minimum absolute atomic E-state index is 0.183. The van der Waals surface area contributed by atoms with E-state index in [2.05, 4.69) is 26.1 Å². The Bertz CT molecular complexity index is 764. The molecule has 0 bridgehead atoms. The normalized spacial score (nSPS) is 17.2. The Labute approximate surface area is 135 Å². The number of benzene rings is 1. The smallest absolute Gasteiger partial charge is 0.223 e. The Hall–Kier alpha value is -2.78. The number of rotatable bonds is 3. The van der Waals surface area contributed by atoms with Gasteiger partial charge in [-0.05, 0) is 31.2 Å². The van der Waals surface area contributed by atoms with Crippen molar-refractivity contribution in [3.63, 3.8) is 0 Å². The summed E-state index contributed by atoms with van der Waals surface area (Å²) in [6.45, 7) is 1.75. The van der Waals surface area contributed by atoms with Crippen LogP contribution in [0.5, 0.6) is 0 Å². The van der Waals surface area contributed by atoms with Crippen molar-refractivity contribution in [1.29, 1.82) is 0 Å². The molecule has 2 heterocycles. The van der Waals surface area contributed by atoms with Crippen LogP contribution in [0.25, 0.3) is 11.1 Å². The largest absolute Gasteiger partial charge is 0.383 e. The van der Waals surface area contributed by atoms with E-state index in [1.165, 1.54) is 0 Å². The van der Waals surface area contributed by atoms with E-state index in [9.17, 15) is 0 Å². The highest BCUT2D eigenvalue weighted by Gasteiger charge is 2.26. The molecule has 0 spiro atoms. The number of aromatic nitrogens is 2. The molecule has 1 atom stereocenters. The summed E-state index contributed by atoms with van der Waals surface area (Å²) in [7, 11) is 1.97. The highest BCUT2D eigenvalue weighted by molar-refractivity contribution is 5.85. The number of nitrogen functional groups attached to an aromatic ring is 2. The molecular weight excluding hydrogens is 288 g/mol. The van der Waals surface area contributed by atoms with Gasteiger partial charge in [-0.2, -0.15) is 9.97 Å². The summed E-state index contributed by atoms with van der Waals surface area (Å²) in [4.78, 5) is 10.8. The maximum absolute atomic E-state index is 6.16. The van der Waals surface area contributed by atoms with Gasteiger partial charge in [-0.3, -0.25) is 0 Å². The summed E-state index contributed by atoms with van der Waals surface area (Å²) in [6, 6.07) is 8.09. The minimum atomic E-state index is 0.183. The third kappa shape index (κ3) is 2.91. The first-order valence-corrected chi connectivity index (χ1v) is 7.54. The minimum Gasteiger partial charge on any atom is -0.383 e. The zero-order chi connectivity index (χ0) is 16.4. The predicted molar refractivity (Wildman–Crippen MR) is 93.9 cm³/mol. The topological polar surface area (TPSA) is 93.1 Å². The maximum Gasteiger partial charge on any atom is 0.223 e. The van der Waals surface area contributed by atoms with Gasteiger partial charge in [0.05, 0.1) is 5.56 Å². The fourth-order valence-electron chi connectivity index (χ4n) is 2.94. The fourth-order valence-corrected chi connectivity index (χ4v) is 2.94. The lowest BCUT2D eigenvalue weighted by molar-refractivity contribution is 0.616. The first-order chi connectivity index (χ1) is 11.1. The molecule has 0 amide bonds. The van der Waals surface area contributed by atoms with Crippen LogP contribution in [0.3, 0.4) is 0 Å². The van der Waals surface area contributed by atoms with Crippen molar-refractivity contribution in [1.82, 2.24) is 15.3 Å². The van der Waals surface area contributed by atoms with E-state index in [4.69, 9.17) is 17.9 Å². The van der Waals surface area contributed by atoms with Gasteiger partial charge in [0, 0.05) is 24.7 Å². The number of nitrogens with zero attached hydrogens (tertiary/aromatic N) is 3. The second kappa shape index (κ2) is 6.15. The summed E-state index contributed by atoms with van der Waals surface area (Å²) in [5.41, 5.74) is 14.5. The summed E-state index contributed by atoms with van der Waals surface area (Å²) in [5, 5.41) is 3.30. The zero-order valence-electron chi connectivity index (χ0n) is 13.1. The summed E-state index contributed by atoms with van der Waals surface area (Å²) in [5.74, 6) is 3.96. The van der Waals surface area contributed by atoms with Crippen LogP contribution in [-0.4, -0.2) is 36.1 Å². The van der Waals surface area contributed by atoms with Gasteiger partial charge < -0.3 is 21.7 Å². The molecule has 5 N–H and O–H groups in total. The molecule has 0 aliphatic carbocycles. The number of likely N-dealkylation sites (N-methyl/N-ethyl adjacent to an activating group) is 1. The molecular formula is C17H20N6. The van der Waals surface area contributed by atoms with E-state index in [0.717, 1.165) is 42.0 Å². The van der Waals surface area contributed by atoms with Gasteiger partial charge in [0.15, 0.2) is 0 Å². The monoisotopic (exact) mass is 308 g/mol. The van der Waals surface area contributed by atoms with E-state index >= 15 is 0 Å². The first-order valence-electron chi connectivity index (χ1n) is 7.54. The number of nitrogens with one attached hydrogen (secondary N) is 1. The lowest BCUT2D eigenvalue weighted by Crippen LogP contribution is -2.30. The standard InChI is InChI=1S/C17H20N6/c1-3-11-5-4-6-12(9-11)14-15(18)21-17(19)22-16(14)23-8-7-13(10-23)20-2/h1,4-6,9,13,20H,7-8,10H2,2H3,(H4,18,19,21,22)/t13-/m1/s1. The molecule has 6 heteroatoms. The van der Waals surface area contributed by atoms with Crippen molar-refractivity contribution < 1.29 is 0 Å². The quantitative estimate of drug-likeness (QED) is 0.735. The maximum atomic E-state index is 6.16. The van der Waals surface area contributed by atoms with E-state index in [-0.39, 0.29) is 5.95 Å². The highest BCUT2D eigenvalue weighted by Crippen LogP contribution is 2.35. The second-order valence-corrected chi connectivity index (χ2v) is 5.61. The molecule has 6 nitrogen and oxygen atoms in total. The summed E-state index contributed by atoms with van der Waals surface area (Å²) >= 11 is 0. The van der Waals surface area contributed by atoms with E-state index in [1.807, 2.05) is 31.3 Å². The third-order valence-corrected chi connectivity index (χ3v) is 4.15. The van der Waals surface area contributed by atoms with Gasteiger partial charge in [-0.15, -0.1) is 6.42 Å². The number of nitrogens with two attached hydrogens (primary N) is 2. The highest BCUT2D eigenvalue weighted by atomic mass is 15.3. The second-order valence-electron chi connectivity index (χ2n) is 5.61. The van der Waals surface area contributed by atoms with Crippen LogP contribution in [-0.2, 0) is 0 Å². The Morgan fingerprint density at radius 3 is 2.87 bits per heavy atom. The van der Waals surface area contributed by atoms with Crippen molar-refractivity contribution in [3.05, 3.63) is 29.8 Å². The van der Waals surface area contributed by atoms with E-state index in [1.54, 1.807) is 0 Å². The Balaban J connectivity index is 2.11. The summed E-state index contributed by atoms with van der Waals surface area (Å²) in [6.07, 6.45) is 6.55. The van der Waals surface area contributed by atoms with Crippen molar-refractivity contribution in [3.8, 4) is 23.5 Å². The average molecular weight is 308 g/mol. The van der Waals surface area contributed by atoms with Crippen molar-refractivity contribution in [2.75, 3.05) is 36.5 Å². The number of hydrogen-bond acceptors (Lipinski definition) is 6. The number of hydrogen-bond donors (Lipinski definition) is 3. The zero-order valence-corrected chi connectivity index (χ0v) is 13.1. The van der Waals surface area contributed by atoms with E-state index in [0.29, 0.717) is 11.9 Å². The SMILES string of the molecule is C#Cc1cccc(-c2c(N)nc(N)nc2N2CC[C@@H](NC)C2)c1. The van der Waals surface area contributed by atoms with Crippen LogP contribution in [0.2, 0.25) is 0 Å². The molecule has 2 aromatic rings. The Morgan fingerprint density at radius 2 is 2.17 bits per heavy atom. The van der Waals surface area contributed by atoms with Gasteiger partial charge in [-0.1, -0.05) is 18.1 Å². The van der Waals surface area contributed by atoms with Crippen LogP contribution >= 0.6 is 0 Å². The van der Waals surface area contributed by atoms with Gasteiger partial charge in [0.1, 0.15) is 11.6 Å². The molecule has 1 aromatic heterocycles. The van der Waals surface area contributed by atoms with Crippen molar-refractivity contribution >= 4 is 17.6 Å². The van der Waals surface area contributed by atoms with Gasteiger partial charge in [0.2, 0.25) is 5.95 Å². The van der Waals surface area contributed by atoms with Crippen LogP contribution in [0, 0.1) is 12.3 Å². The van der Waals surface area contributed by atoms with Crippen LogP contribution in [0.4, 0.5) is 17.6 Å². The number of terminal acetylenes is 1. The molecule has 3 rings (SSSR count). The van der Waals surface area contributed by atoms with Crippen LogP contribution < -0.4 is 21.7 Å². The molecule has 1 fully saturated rings. The predicted octanol–water partition coefficient (Wildman–Crippen LogP) is 1.09. The lowest BCUT2D eigenvalue weighted by Gasteiger charge is -2.22. The molecule has 1 aliphatic rings. The Morgan fingerprint density at radius 1 is 1.35 bits per heavy atom. The van der Waals surface area contributed by atoms with Crippen LogP contribution in [0.1, 0.15) is 12.0 Å². The number of anilines is 3. The molecule has 1 aliphatic heterocycles. The fraction of sp³-hybridized carbons (Fsp3) is 0.294. The molecule has 23 heavy (non-hydrogen) atoms. The molecule has 118 valence electrons. The molecule has 0 unspecified atom stereocenters. The van der Waals surface area contributed by atoms with Gasteiger partial charge in [-0.25, -0.2) is 0 Å². The first kappa shape index (κ1) is 15.1. The summed E-state index contributed by atoms with van der Waals surface area (Å²) < 4.78 is 0. The van der Waals surface area contributed by atoms with Gasteiger partial charge >= 0.3 is 0 Å². The average Bonchev–Trinajstić information content (AvgIpc) is 3.03. The molecule has 0 saturated carbocycles. The van der Waals surface area contributed by atoms with E-state index < -0.39 is 0 Å². The van der Waals surface area contributed by atoms with Crippen LogP contribution in [0.15, 0.2) is 24.3 Å². The molecule has 0 radical (unpaired) electrons. The van der Waals surface area contributed by atoms with Crippen molar-refractivity contribution in [2.45, 2.75) is 12.5 Å². The Kier molecular flexibility index (Phi) is 4.04. The third-order valence-electron chi connectivity index (χ3n) is 4.15. The molecule has 1 saturated heterocycles. The lowest BCUT2D eigenvalue weighted by atomic mass is 10.0. The van der Waals surface area contributed by atoms with Gasteiger partial charge in [0.25, 0.3) is 0 Å². The van der Waals surface area contributed by atoms with Crippen molar-refractivity contribution in [2.24, 2.45) is 0 Å².